The monoisotopic (exact) mass is 770 g/mol. The zero-order valence-electron chi connectivity index (χ0n) is 28.8. The number of phenolic OH excluding ortho intramolecular Hbond substituents is 4. The summed E-state index contributed by atoms with van der Waals surface area (Å²) in [6.45, 7) is -1.56. The highest BCUT2D eigenvalue weighted by molar-refractivity contribution is 5.88. The molecule has 0 aliphatic carbocycles. The van der Waals surface area contributed by atoms with Crippen molar-refractivity contribution >= 4 is 23.0 Å². The number of carbonyl (C=O) groups excluding carboxylic acids is 1. The second-order valence-corrected chi connectivity index (χ2v) is 12.8. The molecule has 10 N–H and O–H groups in total. The van der Waals surface area contributed by atoms with Gasteiger partial charge in [0.15, 0.2) is 23.2 Å². The molecule has 18 nitrogen and oxygen atoms in total. The van der Waals surface area contributed by atoms with Crippen molar-refractivity contribution in [1.29, 1.82) is 0 Å². The Morgan fingerprint density at radius 2 is 1.53 bits per heavy atom. The topological polar surface area (TPSA) is 296 Å². The highest BCUT2D eigenvalue weighted by atomic mass is 16.7. The Hall–Kier alpha value is -5.28. The Bertz CT molecular complexity index is 2100. The zero-order chi connectivity index (χ0) is 39.7. The Kier molecular flexibility index (Phi) is 11.6. The van der Waals surface area contributed by atoms with Crippen LogP contribution in [0.1, 0.15) is 17.2 Å². The second-order valence-electron chi connectivity index (χ2n) is 12.8. The van der Waals surface area contributed by atoms with Crippen LogP contribution in [0.15, 0.2) is 69.9 Å². The van der Waals surface area contributed by atoms with Crippen molar-refractivity contribution in [2.75, 3.05) is 20.3 Å². The van der Waals surface area contributed by atoms with Crippen LogP contribution in [0.2, 0.25) is 0 Å². The molecule has 294 valence electrons. The number of benzene rings is 3. The number of ether oxygens (including phenoxy) is 5. The molecule has 3 heterocycles. The standard InChI is InChI=1S/C37H38O18/c1-50-22-10-15(2-8-18(22)40)3-9-26(43)51-14-25-30(45)32(47)34(49)37(54-25)55-36-33(48)29(44)24(13-38)53-35(36)28-20(42)12-23-27(31(28)46)19(41)11-21(52-23)16-4-6-17(39)7-5-16/h2-12,24-25,29-30,32-40,42,44-49H,13-14H2,1H3/t24-,25-,29-,30-,32+,33+,34-,35+,36-,37+/m1/s1. The van der Waals surface area contributed by atoms with E-state index in [-0.39, 0.29) is 28.6 Å². The van der Waals surface area contributed by atoms with E-state index < -0.39 is 108 Å². The van der Waals surface area contributed by atoms with E-state index in [1.807, 2.05) is 0 Å². The van der Waals surface area contributed by atoms with Crippen molar-refractivity contribution in [3.05, 3.63) is 82.0 Å². The summed E-state index contributed by atoms with van der Waals surface area (Å²) in [5.41, 5.74) is -0.774. The molecule has 0 unspecified atom stereocenters. The molecule has 2 aliphatic heterocycles. The van der Waals surface area contributed by atoms with E-state index in [0.717, 1.165) is 18.2 Å². The number of phenols is 4. The lowest BCUT2D eigenvalue weighted by atomic mass is 9.89. The molecular formula is C37H38O18. The van der Waals surface area contributed by atoms with Gasteiger partial charge in [0.1, 0.15) is 95.5 Å². The lowest BCUT2D eigenvalue weighted by Gasteiger charge is -2.46. The third-order valence-corrected chi connectivity index (χ3v) is 9.28. The number of rotatable bonds is 10. The van der Waals surface area contributed by atoms with Gasteiger partial charge in [0.05, 0.1) is 19.3 Å². The molecule has 18 heteroatoms. The number of hydrogen-bond acceptors (Lipinski definition) is 18. The summed E-state index contributed by atoms with van der Waals surface area (Å²) < 4.78 is 33.2. The third kappa shape index (κ3) is 7.94. The average molecular weight is 771 g/mol. The summed E-state index contributed by atoms with van der Waals surface area (Å²) in [5, 5.41) is 106. The van der Waals surface area contributed by atoms with E-state index >= 15 is 0 Å². The van der Waals surface area contributed by atoms with Crippen LogP contribution < -0.4 is 10.2 Å². The Morgan fingerprint density at radius 1 is 0.818 bits per heavy atom. The van der Waals surface area contributed by atoms with Crippen molar-refractivity contribution in [3.63, 3.8) is 0 Å². The maximum absolute atomic E-state index is 13.3. The zero-order valence-corrected chi connectivity index (χ0v) is 28.8. The molecule has 4 aromatic rings. The summed E-state index contributed by atoms with van der Waals surface area (Å²) >= 11 is 0. The molecule has 3 aromatic carbocycles. The number of hydrogen-bond donors (Lipinski definition) is 10. The van der Waals surface area contributed by atoms with Crippen molar-refractivity contribution in [1.82, 2.24) is 0 Å². The highest BCUT2D eigenvalue weighted by Gasteiger charge is 2.52. The van der Waals surface area contributed by atoms with Gasteiger partial charge in [-0.2, -0.15) is 0 Å². The van der Waals surface area contributed by atoms with Crippen LogP contribution in [0, 0.1) is 0 Å². The average Bonchev–Trinajstić information content (AvgIpc) is 3.16. The van der Waals surface area contributed by atoms with E-state index in [1.165, 1.54) is 55.7 Å². The van der Waals surface area contributed by atoms with Crippen LogP contribution >= 0.6 is 0 Å². The molecule has 0 bridgehead atoms. The smallest absolute Gasteiger partial charge is 0.330 e. The highest BCUT2D eigenvalue weighted by Crippen LogP contribution is 2.46. The Morgan fingerprint density at radius 3 is 2.22 bits per heavy atom. The van der Waals surface area contributed by atoms with E-state index in [4.69, 9.17) is 28.1 Å². The minimum atomic E-state index is -2.03. The minimum Gasteiger partial charge on any atom is -0.508 e. The van der Waals surface area contributed by atoms with Gasteiger partial charge in [-0.25, -0.2) is 4.79 Å². The van der Waals surface area contributed by atoms with E-state index in [1.54, 1.807) is 0 Å². The number of aliphatic hydroxyl groups excluding tert-OH is 6. The third-order valence-electron chi connectivity index (χ3n) is 9.28. The van der Waals surface area contributed by atoms with Gasteiger partial charge in [0, 0.05) is 23.8 Å². The predicted molar refractivity (Wildman–Crippen MR) is 186 cm³/mol. The molecule has 0 spiro atoms. The van der Waals surface area contributed by atoms with Crippen LogP contribution in [0.4, 0.5) is 0 Å². The summed E-state index contributed by atoms with van der Waals surface area (Å²) in [6, 6.07) is 12.0. The van der Waals surface area contributed by atoms with Crippen molar-refractivity contribution in [2.45, 2.75) is 61.2 Å². The maximum atomic E-state index is 13.3. The van der Waals surface area contributed by atoms with Crippen molar-refractivity contribution < 1.29 is 84.0 Å². The van der Waals surface area contributed by atoms with E-state index in [0.29, 0.717) is 11.1 Å². The molecular weight excluding hydrogens is 732 g/mol. The van der Waals surface area contributed by atoms with Gasteiger partial charge in [-0.1, -0.05) is 6.07 Å². The predicted octanol–water partition coefficient (Wildman–Crippen LogP) is -0.106. The quantitative estimate of drug-likeness (QED) is 0.0743. The molecule has 6 rings (SSSR count). The second kappa shape index (κ2) is 16.2. The first kappa shape index (κ1) is 39.4. The van der Waals surface area contributed by atoms with Gasteiger partial charge in [-0.3, -0.25) is 4.79 Å². The van der Waals surface area contributed by atoms with Crippen LogP contribution in [0.25, 0.3) is 28.4 Å². The molecule has 0 saturated carbocycles. The molecule has 2 fully saturated rings. The normalized spacial score (nSPS) is 28.3. The SMILES string of the molecule is COc1cc(C=CC(=O)OC[C@H]2O[C@@H](O[C@@H]3[C@@H](O)[C@H](O)[C@@H](CO)O[C@H]3c3c(O)cc4oc(-c5ccc(O)cc5)cc(=O)c4c3O)[C@H](O)[C@@H](O)[C@@H]2O)ccc1O. The first-order chi connectivity index (χ1) is 26.2. The first-order valence-electron chi connectivity index (χ1n) is 16.7. The largest absolute Gasteiger partial charge is 0.508 e. The lowest BCUT2D eigenvalue weighted by Crippen LogP contribution is -2.63. The van der Waals surface area contributed by atoms with Gasteiger partial charge in [-0.05, 0) is 48.0 Å². The van der Waals surface area contributed by atoms with Gasteiger partial charge in [-0.15, -0.1) is 0 Å². The van der Waals surface area contributed by atoms with E-state index in [2.05, 4.69) is 0 Å². The number of aliphatic hydroxyl groups is 6. The van der Waals surface area contributed by atoms with Gasteiger partial charge in [0.2, 0.25) is 0 Å². The number of aromatic hydroxyl groups is 4. The van der Waals surface area contributed by atoms with Crippen molar-refractivity contribution in [3.8, 4) is 40.1 Å². The fraction of sp³-hybridized carbons (Fsp3) is 0.351. The summed E-state index contributed by atoms with van der Waals surface area (Å²) in [4.78, 5) is 25.8. The van der Waals surface area contributed by atoms with E-state index in [9.17, 15) is 60.7 Å². The molecule has 0 amide bonds. The minimum absolute atomic E-state index is 0.0245. The Balaban J connectivity index is 1.26. The fourth-order valence-electron chi connectivity index (χ4n) is 6.32. The maximum Gasteiger partial charge on any atom is 0.330 e. The van der Waals surface area contributed by atoms with Crippen LogP contribution in [0.3, 0.4) is 0 Å². The van der Waals surface area contributed by atoms with Gasteiger partial charge < -0.3 is 79.2 Å². The molecule has 2 aliphatic rings. The van der Waals surface area contributed by atoms with Crippen molar-refractivity contribution in [2.24, 2.45) is 0 Å². The Labute approximate surface area is 310 Å². The summed E-state index contributed by atoms with van der Waals surface area (Å²) in [6.07, 6.45) is -16.1. The molecule has 10 atom stereocenters. The lowest BCUT2D eigenvalue weighted by molar-refractivity contribution is -0.342. The molecule has 55 heavy (non-hydrogen) atoms. The molecule has 2 saturated heterocycles. The number of carbonyl (C=O) groups is 1. The van der Waals surface area contributed by atoms with Crippen LogP contribution in [-0.4, -0.2) is 132 Å². The van der Waals surface area contributed by atoms with Crippen LogP contribution in [0.5, 0.6) is 28.7 Å². The van der Waals surface area contributed by atoms with Gasteiger partial charge in [0.25, 0.3) is 0 Å². The number of methoxy groups -OCH3 is 1. The fourth-order valence-corrected chi connectivity index (χ4v) is 6.32. The summed E-state index contributed by atoms with van der Waals surface area (Å²) in [7, 11) is 1.35. The first-order valence-corrected chi connectivity index (χ1v) is 16.7. The summed E-state index contributed by atoms with van der Waals surface area (Å²) in [5.74, 6) is -2.54. The van der Waals surface area contributed by atoms with Gasteiger partial charge >= 0.3 is 5.97 Å². The number of esters is 1. The number of fused-ring (bicyclic) bond motifs is 1. The van der Waals surface area contributed by atoms with Crippen LogP contribution in [-0.2, 0) is 23.7 Å². The molecule has 1 aromatic heterocycles. The molecule has 0 radical (unpaired) electrons.